The first-order valence-electron chi connectivity index (χ1n) is 4.71. The Morgan fingerprint density at radius 2 is 1.92 bits per heavy atom. The quantitative estimate of drug-likeness (QED) is 0.706. The molecule has 0 radical (unpaired) electrons. The molecule has 0 aromatic carbocycles. The summed E-state index contributed by atoms with van der Waals surface area (Å²) in [4.78, 5) is 10.4. The third-order valence-electron chi connectivity index (χ3n) is 2.29. The van der Waals surface area contributed by atoms with Crippen molar-refractivity contribution in [3.63, 3.8) is 0 Å². The summed E-state index contributed by atoms with van der Waals surface area (Å²) >= 11 is 0. The fourth-order valence-electron chi connectivity index (χ4n) is 1.17. The summed E-state index contributed by atoms with van der Waals surface area (Å²) in [6.45, 7) is 8.15. The predicted molar refractivity (Wildman–Crippen MR) is 53.5 cm³/mol. The van der Waals surface area contributed by atoms with E-state index < -0.39 is 5.97 Å². The Labute approximate surface area is 80.3 Å². The lowest BCUT2D eigenvalue weighted by Gasteiger charge is -2.28. The second kappa shape index (κ2) is 4.61. The number of carboxylic acids is 1. The number of carbonyl (C=O) groups is 1. The third kappa shape index (κ3) is 5.64. The van der Waals surface area contributed by atoms with Gasteiger partial charge in [0.15, 0.2) is 0 Å². The maximum absolute atomic E-state index is 10.4. The van der Waals surface area contributed by atoms with Gasteiger partial charge in [-0.2, -0.15) is 0 Å². The number of hydrogen-bond donors (Lipinski definition) is 2. The second-order valence-electron chi connectivity index (χ2n) is 4.91. The van der Waals surface area contributed by atoms with Gasteiger partial charge < -0.3 is 10.8 Å². The largest absolute Gasteiger partial charge is 0.481 e. The first-order chi connectivity index (χ1) is 5.73. The Hall–Kier alpha value is -0.570. The van der Waals surface area contributed by atoms with E-state index in [1.54, 1.807) is 0 Å². The van der Waals surface area contributed by atoms with Crippen molar-refractivity contribution in [1.29, 1.82) is 0 Å². The van der Waals surface area contributed by atoms with E-state index in [4.69, 9.17) is 10.8 Å². The van der Waals surface area contributed by atoms with Gasteiger partial charge in [-0.15, -0.1) is 0 Å². The van der Waals surface area contributed by atoms with Gasteiger partial charge in [0, 0.05) is 12.5 Å². The van der Waals surface area contributed by atoms with Crippen LogP contribution < -0.4 is 5.73 Å². The molecule has 0 rings (SSSR count). The Balaban J connectivity index is 3.92. The third-order valence-corrected chi connectivity index (χ3v) is 2.29. The lowest BCUT2D eigenvalue weighted by atomic mass is 9.82. The van der Waals surface area contributed by atoms with Crippen LogP contribution in [-0.2, 0) is 4.79 Å². The number of aliphatic carboxylic acids is 1. The average Bonchev–Trinajstić information content (AvgIpc) is 1.82. The molecule has 0 fully saturated rings. The molecule has 0 aliphatic rings. The molecule has 3 N–H and O–H groups in total. The van der Waals surface area contributed by atoms with Crippen LogP contribution in [0.1, 0.15) is 40.5 Å². The van der Waals surface area contributed by atoms with Crippen LogP contribution in [0.15, 0.2) is 0 Å². The topological polar surface area (TPSA) is 63.3 Å². The lowest BCUT2D eigenvalue weighted by Crippen LogP contribution is -2.36. The molecule has 0 heterocycles. The monoisotopic (exact) mass is 187 g/mol. The second-order valence-corrected chi connectivity index (χ2v) is 4.91. The van der Waals surface area contributed by atoms with E-state index in [9.17, 15) is 4.79 Å². The van der Waals surface area contributed by atoms with Crippen molar-refractivity contribution in [2.45, 2.75) is 46.6 Å². The minimum atomic E-state index is -0.742. The SMILES string of the molecule is C[C@H](CC(=O)O)C[C@H](N)C(C)(C)C. The fourth-order valence-corrected chi connectivity index (χ4v) is 1.17. The number of rotatable bonds is 4. The lowest BCUT2D eigenvalue weighted by molar-refractivity contribution is -0.138. The van der Waals surface area contributed by atoms with Gasteiger partial charge in [-0.05, 0) is 17.8 Å². The van der Waals surface area contributed by atoms with Crippen LogP contribution in [0.2, 0.25) is 0 Å². The Bertz CT molecular complexity index is 172. The standard InChI is InChI=1S/C10H21NO2/c1-7(6-9(12)13)5-8(11)10(2,3)4/h7-8H,5-6,11H2,1-4H3,(H,12,13)/t7-,8-/m0/s1. The highest BCUT2D eigenvalue weighted by atomic mass is 16.4. The molecular weight excluding hydrogens is 166 g/mol. The molecule has 0 spiro atoms. The van der Waals surface area contributed by atoms with Gasteiger partial charge in [-0.25, -0.2) is 0 Å². The summed E-state index contributed by atoms with van der Waals surface area (Å²) < 4.78 is 0. The van der Waals surface area contributed by atoms with E-state index in [0.29, 0.717) is 0 Å². The smallest absolute Gasteiger partial charge is 0.303 e. The molecule has 0 bridgehead atoms. The highest BCUT2D eigenvalue weighted by Gasteiger charge is 2.23. The first kappa shape index (κ1) is 12.4. The zero-order valence-electron chi connectivity index (χ0n) is 9.00. The van der Waals surface area contributed by atoms with Crippen LogP contribution in [-0.4, -0.2) is 17.1 Å². The van der Waals surface area contributed by atoms with Crippen molar-refractivity contribution in [1.82, 2.24) is 0 Å². The van der Waals surface area contributed by atoms with Crippen LogP contribution in [0.25, 0.3) is 0 Å². The molecule has 0 aromatic heterocycles. The van der Waals surface area contributed by atoms with Crippen molar-refractivity contribution in [2.75, 3.05) is 0 Å². The van der Waals surface area contributed by atoms with Crippen LogP contribution in [0.3, 0.4) is 0 Å². The minimum Gasteiger partial charge on any atom is -0.481 e. The summed E-state index contributed by atoms with van der Waals surface area (Å²) in [5.74, 6) is -0.583. The zero-order valence-corrected chi connectivity index (χ0v) is 9.00. The Morgan fingerprint density at radius 3 is 2.23 bits per heavy atom. The highest BCUT2D eigenvalue weighted by Crippen LogP contribution is 2.23. The van der Waals surface area contributed by atoms with Crippen molar-refractivity contribution >= 4 is 5.97 Å². The van der Waals surface area contributed by atoms with Crippen LogP contribution in [0.5, 0.6) is 0 Å². The molecule has 0 aliphatic carbocycles. The molecule has 0 saturated heterocycles. The zero-order chi connectivity index (χ0) is 10.6. The predicted octanol–water partition coefficient (Wildman–Crippen LogP) is 1.86. The van der Waals surface area contributed by atoms with E-state index >= 15 is 0 Å². The van der Waals surface area contributed by atoms with Gasteiger partial charge in [0.05, 0.1) is 0 Å². The fraction of sp³-hybridized carbons (Fsp3) is 0.900. The molecule has 78 valence electrons. The molecule has 0 aliphatic heterocycles. The van der Waals surface area contributed by atoms with Crippen molar-refractivity contribution < 1.29 is 9.90 Å². The van der Waals surface area contributed by atoms with Gasteiger partial charge in [0.2, 0.25) is 0 Å². The molecule has 13 heavy (non-hydrogen) atoms. The van der Waals surface area contributed by atoms with E-state index in [0.717, 1.165) is 6.42 Å². The molecule has 0 amide bonds. The van der Waals surface area contributed by atoms with Gasteiger partial charge in [-0.1, -0.05) is 27.7 Å². The van der Waals surface area contributed by atoms with Gasteiger partial charge in [-0.3, -0.25) is 4.79 Å². The van der Waals surface area contributed by atoms with Crippen molar-refractivity contribution in [3.05, 3.63) is 0 Å². The first-order valence-corrected chi connectivity index (χ1v) is 4.71. The molecule has 0 aromatic rings. The Morgan fingerprint density at radius 1 is 1.46 bits per heavy atom. The summed E-state index contributed by atoms with van der Waals surface area (Å²) in [7, 11) is 0. The molecule has 0 unspecified atom stereocenters. The normalized spacial score (nSPS) is 16.7. The van der Waals surface area contributed by atoms with Crippen molar-refractivity contribution in [2.24, 2.45) is 17.1 Å². The number of hydrogen-bond acceptors (Lipinski definition) is 2. The van der Waals surface area contributed by atoms with E-state index in [-0.39, 0.29) is 23.8 Å². The van der Waals surface area contributed by atoms with Crippen LogP contribution in [0.4, 0.5) is 0 Å². The van der Waals surface area contributed by atoms with Crippen LogP contribution in [0, 0.1) is 11.3 Å². The molecule has 3 nitrogen and oxygen atoms in total. The highest BCUT2D eigenvalue weighted by molar-refractivity contribution is 5.66. The van der Waals surface area contributed by atoms with Gasteiger partial charge in [0.25, 0.3) is 0 Å². The summed E-state index contributed by atoms with van der Waals surface area (Å²) in [5.41, 5.74) is 6.00. The Kier molecular flexibility index (Phi) is 4.40. The van der Waals surface area contributed by atoms with E-state index in [1.807, 2.05) is 6.92 Å². The molecule has 2 atom stereocenters. The van der Waals surface area contributed by atoms with E-state index in [1.165, 1.54) is 0 Å². The summed E-state index contributed by atoms with van der Waals surface area (Å²) in [6.07, 6.45) is 0.986. The summed E-state index contributed by atoms with van der Waals surface area (Å²) in [5, 5.41) is 8.56. The maximum atomic E-state index is 10.4. The maximum Gasteiger partial charge on any atom is 0.303 e. The molecular formula is C10H21NO2. The van der Waals surface area contributed by atoms with E-state index in [2.05, 4.69) is 20.8 Å². The average molecular weight is 187 g/mol. The van der Waals surface area contributed by atoms with Crippen LogP contribution >= 0.6 is 0 Å². The number of carboxylic acid groups (broad SMARTS) is 1. The molecule has 0 saturated carbocycles. The minimum absolute atomic E-state index is 0.0623. The van der Waals surface area contributed by atoms with Gasteiger partial charge >= 0.3 is 5.97 Å². The van der Waals surface area contributed by atoms with Gasteiger partial charge in [0.1, 0.15) is 0 Å². The molecule has 3 heteroatoms. The summed E-state index contributed by atoms with van der Waals surface area (Å²) in [6, 6.07) is 0.0712. The van der Waals surface area contributed by atoms with Crippen molar-refractivity contribution in [3.8, 4) is 0 Å². The number of nitrogens with two attached hydrogens (primary N) is 1.